The van der Waals surface area contributed by atoms with Crippen LogP contribution < -0.4 is 5.73 Å². The number of nitrogens with two attached hydrogens (primary N) is 1. The largest absolute Gasteiger partial charge is 0.367 e. The average Bonchev–Trinajstić information content (AvgIpc) is 2.76. The Balaban J connectivity index is 2.29. The summed E-state index contributed by atoms with van der Waals surface area (Å²) in [6.45, 7) is 0.665. The van der Waals surface area contributed by atoms with Crippen molar-refractivity contribution in [1.29, 1.82) is 0 Å². The van der Waals surface area contributed by atoms with Crippen LogP contribution in [0.15, 0.2) is 36.0 Å². The van der Waals surface area contributed by atoms with Crippen LogP contribution >= 0.6 is 11.3 Å². The molecule has 2 rings (SSSR count). The maximum absolute atomic E-state index is 5.75. The fourth-order valence-electron chi connectivity index (χ4n) is 1.46. The molecule has 1 atom stereocenters. The molecule has 0 aliphatic heterocycles. The molecule has 3 N–H and O–H groups in total. The number of H-pyrrole nitrogens is 1. The molecule has 0 amide bonds. The Hall–Kier alpha value is -1.06. The first-order valence-corrected chi connectivity index (χ1v) is 5.16. The van der Waals surface area contributed by atoms with E-state index >= 15 is 0 Å². The zero-order valence-corrected chi connectivity index (χ0v) is 8.05. The highest BCUT2D eigenvalue weighted by molar-refractivity contribution is 7.10. The molecule has 0 radical (unpaired) electrons. The van der Waals surface area contributed by atoms with Gasteiger partial charge in [-0.05, 0) is 23.1 Å². The van der Waals surface area contributed by atoms with Crippen molar-refractivity contribution in [3.63, 3.8) is 0 Å². The molecule has 0 bridgehead atoms. The molecule has 3 heteroatoms. The lowest BCUT2D eigenvalue weighted by Crippen LogP contribution is -2.11. The minimum atomic E-state index is 0.353. The van der Waals surface area contributed by atoms with Gasteiger partial charge in [-0.15, -0.1) is 11.3 Å². The van der Waals surface area contributed by atoms with Gasteiger partial charge >= 0.3 is 0 Å². The van der Waals surface area contributed by atoms with Crippen LogP contribution in [-0.4, -0.2) is 11.5 Å². The van der Waals surface area contributed by atoms with Crippen LogP contribution in [0.5, 0.6) is 0 Å². The molecule has 0 aromatic carbocycles. The summed E-state index contributed by atoms with van der Waals surface area (Å²) in [5, 5.41) is 2.09. The molecule has 0 spiro atoms. The third-order valence-corrected chi connectivity index (χ3v) is 3.13. The third kappa shape index (κ3) is 1.66. The van der Waals surface area contributed by atoms with Gasteiger partial charge in [0.05, 0.1) is 0 Å². The molecule has 2 aromatic rings. The highest BCUT2D eigenvalue weighted by Crippen LogP contribution is 2.26. The molecule has 0 fully saturated rings. The van der Waals surface area contributed by atoms with E-state index in [4.69, 9.17) is 5.73 Å². The summed E-state index contributed by atoms with van der Waals surface area (Å²) >= 11 is 1.76. The Labute approximate surface area is 81.4 Å². The zero-order chi connectivity index (χ0) is 9.10. The topological polar surface area (TPSA) is 41.8 Å². The van der Waals surface area contributed by atoms with E-state index in [1.165, 1.54) is 10.4 Å². The Bertz CT molecular complexity index is 303. The third-order valence-electron chi connectivity index (χ3n) is 2.15. The minimum Gasteiger partial charge on any atom is -0.367 e. The summed E-state index contributed by atoms with van der Waals surface area (Å²) in [6, 6.07) is 6.28. The van der Waals surface area contributed by atoms with E-state index in [2.05, 4.69) is 28.6 Å². The number of hydrogen-bond acceptors (Lipinski definition) is 2. The van der Waals surface area contributed by atoms with Gasteiger partial charge in [-0.25, -0.2) is 0 Å². The lowest BCUT2D eigenvalue weighted by atomic mass is 10.0. The van der Waals surface area contributed by atoms with Crippen LogP contribution in [0.25, 0.3) is 0 Å². The lowest BCUT2D eigenvalue weighted by molar-refractivity contribution is 0.837. The van der Waals surface area contributed by atoms with Crippen LogP contribution in [0.1, 0.15) is 16.4 Å². The van der Waals surface area contributed by atoms with Crippen LogP contribution in [0.3, 0.4) is 0 Å². The molecule has 0 saturated heterocycles. The van der Waals surface area contributed by atoms with Crippen molar-refractivity contribution in [3.05, 3.63) is 46.4 Å². The predicted molar refractivity (Wildman–Crippen MR) is 56.0 cm³/mol. The number of nitrogens with one attached hydrogen (secondary N) is 1. The van der Waals surface area contributed by atoms with Crippen molar-refractivity contribution in [1.82, 2.24) is 4.98 Å². The molecule has 1 unspecified atom stereocenters. The maximum Gasteiger partial charge on any atom is 0.0321 e. The van der Waals surface area contributed by atoms with Gasteiger partial charge in [0, 0.05) is 29.7 Å². The quantitative estimate of drug-likeness (QED) is 0.769. The van der Waals surface area contributed by atoms with Crippen LogP contribution in [-0.2, 0) is 0 Å². The van der Waals surface area contributed by atoms with Gasteiger partial charge in [0.15, 0.2) is 0 Å². The summed E-state index contributed by atoms with van der Waals surface area (Å²) in [5.41, 5.74) is 7.02. The number of hydrogen-bond donors (Lipinski definition) is 2. The van der Waals surface area contributed by atoms with Crippen molar-refractivity contribution in [2.24, 2.45) is 5.73 Å². The SMILES string of the molecule is NCC(c1cc[nH]c1)c1cccs1. The van der Waals surface area contributed by atoms with Gasteiger partial charge in [0.25, 0.3) is 0 Å². The van der Waals surface area contributed by atoms with Gasteiger partial charge < -0.3 is 10.7 Å². The van der Waals surface area contributed by atoms with E-state index in [0.29, 0.717) is 12.5 Å². The first-order valence-electron chi connectivity index (χ1n) is 4.28. The van der Waals surface area contributed by atoms with Crippen LogP contribution in [0.4, 0.5) is 0 Å². The minimum absolute atomic E-state index is 0.353. The Kier molecular flexibility index (Phi) is 2.47. The first-order chi connectivity index (χ1) is 6.42. The Morgan fingerprint density at radius 1 is 1.46 bits per heavy atom. The number of rotatable bonds is 3. The summed E-state index contributed by atoms with van der Waals surface area (Å²) in [7, 11) is 0. The van der Waals surface area contributed by atoms with Crippen molar-refractivity contribution < 1.29 is 0 Å². The fourth-order valence-corrected chi connectivity index (χ4v) is 2.33. The molecule has 2 heterocycles. The summed E-state index contributed by atoms with van der Waals surface area (Å²) < 4.78 is 0. The van der Waals surface area contributed by atoms with Crippen molar-refractivity contribution in [3.8, 4) is 0 Å². The van der Waals surface area contributed by atoms with E-state index < -0.39 is 0 Å². The van der Waals surface area contributed by atoms with E-state index in [9.17, 15) is 0 Å². The normalized spacial score (nSPS) is 13.0. The fraction of sp³-hybridized carbons (Fsp3) is 0.200. The molecule has 0 aliphatic carbocycles. The van der Waals surface area contributed by atoms with Gasteiger partial charge in [-0.1, -0.05) is 6.07 Å². The smallest absolute Gasteiger partial charge is 0.0321 e. The van der Waals surface area contributed by atoms with E-state index in [0.717, 1.165) is 0 Å². The molecule has 13 heavy (non-hydrogen) atoms. The van der Waals surface area contributed by atoms with Crippen molar-refractivity contribution in [2.75, 3.05) is 6.54 Å². The van der Waals surface area contributed by atoms with E-state index in [1.54, 1.807) is 11.3 Å². The summed E-state index contributed by atoms with van der Waals surface area (Å²) in [5.74, 6) is 0.353. The van der Waals surface area contributed by atoms with Crippen LogP contribution in [0, 0.1) is 0 Å². The number of aromatic nitrogens is 1. The van der Waals surface area contributed by atoms with Gasteiger partial charge in [0.2, 0.25) is 0 Å². The molecule has 2 nitrogen and oxygen atoms in total. The first kappa shape index (κ1) is 8.53. The zero-order valence-electron chi connectivity index (χ0n) is 7.23. The monoisotopic (exact) mass is 192 g/mol. The second-order valence-corrected chi connectivity index (χ2v) is 3.93. The van der Waals surface area contributed by atoms with Crippen molar-refractivity contribution in [2.45, 2.75) is 5.92 Å². The second-order valence-electron chi connectivity index (χ2n) is 2.95. The summed E-state index contributed by atoms with van der Waals surface area (Å²) in [6.07, 6.45) is 3.95. The van der Waals surface area contributed by atoms with E-state index in [1.807, 2.05) is 12.4 Å². The lowest BCUT2D eigenvalue weighted by Gasteiger charge is -2.10. The van der Waals surface area contributed by atoms with Crippen molar-refractivity contribution >= 4 is 11.3 Å². The molecular weight excluding hydrogens is 180 g/mol. The maximum atomic E-state index is 5.75. The molecule has 0 aliphatic rings. The average molecular weight is 192 g/mol. The highest BCUT2D eigenvalue weighted by Gasteiger charge is 2.12. The highest BCUT2D eigenvalue weighted by atomic mass is 32.1. The second kappa shape index (κ2) is 3.77. The standard InChI is InChI=1S/C10H12N2S/c11-6-9(8-3-4-12-7-8)10-2-1-5-13-10/h1-5,7,9,12H,6,11H2. The van der Waals surface area contributed by atoms with Crippen LogP contribution in [0.2, 0.25) is 0 Å². The Morgan fingerprint density at radius 2 is 2.38 bits per heavy atom. The molecule has 68 valence electrons. The Morgan fingerprint density at radius 3 is 2.92 bits per heavy atom. The predicted octanol–water partition coefficient (Wildman–Crippen LogP) is 2.17. The van der Waals surface area contributed by atoms with Gasteiger partial charge in [0.1, 0.15) is 0 Å². The summed E-state index contributed by atoms with van der Waals surface area (Å²) in [4.78, 5) is 4.39. The molecular formula is C10H12N2S. The van der Waals surface area contributed by atoms with Gasteiger partial charge in [-0.2, -0.15) is 0 Å². The number of aromatic amines is 1. The molecule has 0 saturated carbocycles. The number of thiophene rings is 1. The van der Waals surface area contributed by atoms with E-state index in [-0.39, 0.29) is 0 Å². The molecule has 2 aromatic heterocycles. The van der Waals surface area contributed by atoms with Gasteiger partial charge in [-0.3, -0.25) is 0 Å².